The summed E-state index contributed by atoms with van der Waals surface area (Å²) in [5, 5.41) is 3.41. The van der Waals surface area contributed by atoms with Gasteiger partial charge >= 0.3 is 0 Å². The Morgan fingerprint density at radius 1 is 1.17 bits per heavy atom. The lowest BCUT2D eigenvalue weighted by molar-refractivity contribution is 0.0183. The molecular weight excluding hydrogens is 226 g/mol. The molecule has 0 spiro atoms. The summed E-state index contributed by atoms with van der Waals surface area (Å²) < 4.78 is 5.76. The van der Waals surface area contributed by atoms with Gasteiger partial charge in [0.15, 0.2) is 0 Å². The third kappa shape index (κ3) is 3.23. The lowest BCUT2D eigenvalue weighted by Gasteiger charge is -2.26. The standard InChI is InChI=1S/C14H27N3O/c1-2-7-17(6-1)13-3-8-16(12-13)9-4-14-11-15-5-10-18-14/h13-15H,1-12H2. The van der Waals surface area contributed by atoms with Gasteiger partial charge in [-0.05, 0) is 45.3 Å². The number of nitrogens with zero attached hydrogens (tertiary/aromatic N) is 2. The molecule has 2 unspecified atom stereocenters. The fourth-order valence-corrected chi connectivity index (χ4v) is 3.55. The van der Waals surface area contributed by atoms with Crippen LogP contribution in [0, 0.1) is 0 Å². The monoisotopic (exact) mass is 253 g/mol. The minimum atomic E-state index is 0.449. The largest absolute Gasteiger partial charge is 0.376 e. The molecule has 0 bridgehead atoms. The number of hydrogen-bond donors (Lipinski definition) is 1. The van der Waals surface area contributed by atoms with Gasteiger partial charge in [-0.15, -0.1) is 0 Å². The molecule has 0 saturated carbocycles. The summed E-state index contributed by atoms with van der Waals surface area (Å²) >= 11 is 0. The molecule has 2 atom stereocenters. The minimum Gasteiger partial charge on any atom is -0.376 e. The summed E-state index contributed by atoms with van der Waals surface area (Å²) in [7, 11) is 0. The van der Waals surface area contributed by atoms with Gasteiger partial charge in [-0.1, -0.05) is 0 Å². The van der Waals surface area contributed by atoms with Crippen LogP contribution < -0.4 is 5.32 Å². The Kier molecular flexibility index (Phi) is 4.52. The smallest absolute Gasteiger partial charge is 0.0712 e. The van der Waals surface area contributed by atoms with E-state index in [-0.39, 0.29) is 0 Å². The molecule has 3 fully saturated rings. The molecule has 18 heavy (non-hydrogen) atoms. The maximum atomic E-state index is 5.76. The average molecular weight is 253 g/mol. The molecule has 3 aliphatic rings. The Hall–Kier alpha value is -0.160. The molecule has 4 nitrogen and oxygen atoms in total. The third-order valence-corrected chi connectivity index (χ3v) is 4.68. The molecule has 0 aromatic rings. The van der Waals surface area contributed by atoms with E-state index in [1.807, 2.05) is 0 Å². The van der Waals surface area contributed by atoms with E-state index in [1.165, 1.54) is 58.4 Å². The van der Waals surface area contributed by atoms with Crippen molar-refractivity contribution in [2.75, 3.05) is 52.4 Å². The first-order valence-corrected chi connectivity index (χ1v) is 7.70. The van der Waals surface area contributed by atoms with Crippen LogP contribution in [0.4, 0.5) is 0 Å². The van der Waals surface area contributed by atoms with E-state index in [9.17, 15) is 0 Å². The summed E-state index contributed by atoms with van der Waals surface area (Å²) in [6, 6.07) is 0.845. The normalized spacial score (nSPS) is 35.3. The number of likely N-dealkylation sites (tertiary alicyclic amines) is 2. The highest BCUT2D eigenvalue weighted by Crippen LogP contribution is 2.20. The van der Waals surface area contributed by atoms with Crippen molar-refractivity contribution < 1.29 is 4.74 Å². The third-order valence-electron chi connectivity index (χ3n) is 4.68. The predicted molar refractivity (Wildman–Crippen MR) is 72.9 cm³/mol. The predicted octanol–water partition coefficient (Wildman–Crippen LogP) is 0.535. The van der Waals surface area contributed by atoms with Crippen molar-refractivity contribution in [3.05, 3.63) is 0 Å². The van der Waals surface area contributed by atoms with Crippen LogP contribution in [-0.2, 0) is 4.74 Å². The highest BCUT2D eigenvalue weighted by Gasteiger charge is 2.29. The van der Waals surface area contributed by atoms with Crippen LogP contribution in [-0.4, -0.2) is 74.4 Å². The number of rotatable bonds is 4. The summed E-state index contributed by atoms with van der Waals surface area (Å²) in [6.45, 7) is 9.45. The van der Waals surface area contributed by atoms with Gasteiger partial charge in [0.2, 0.25) is 0 Å². The second-order valence-electron chi connectivity index (χ2n) is 5.97. The zero-order valence-electron chi connectivity index (χ0n) is 11.4. The van der Waals surface area contributed by atoms with E-state index in [4.69, 9.17) is 4.74 Å². The quantitative estimate of drug-likeness (QED) is 0.791. The van der Waals surface area contributed by atoms with Crippen LogP contribution in [0.5, 0.6) is 0 Å². The van der Waals surface area contributed by atoms with Crippen LogP contribution in [0.3, 0.4) is 0 Å². The zero-order chi connectivity index (χ0) is 12.2. The average Bonchev–Trinajstić information content (AvgIpc) is 3.08. The fourth-order valence-electron chi connectivity index (χ4n) is 3.55. The molecule has 1 N–H and O–H groups in total. The van der Waals surface area contributed by atoms with Crippen molar-refractivity contribution in [1.82, 2.24) is 15.1 Å². The first kappa shape index (κ1) is 12.9. The molecule has 3 saturated heterocycles. The van der Waals surface area contributed by atoms with E-state index in [2.05, 4.69) is 15.1 Å². The van der Waals surface area contributed by atoms with Crippen molar-refractivity contribution >= 4 is 0 Å². The summed E-state index contributed by atoms with van der Waals surface area (Å²) in [6.07, 6.45) is 5.85. The van der Waals surface area contributed by atoms with Crippen LogP contribution in [0.2, 0.25) is 0 Å². The Morgan fingerprint density at radius 3 is 2.83 bits per heavy atom. The molecule has 3 aliphatic heterocycles. The zero-order valence-corrected chi connectivity index (χ0v) is 11.4. The molecule has 104 valence electrons. The number of ether oxygens (including phenoxy) is 1. The SMILES string of the molecule is C1CCN(C2CCN(CCC3CNCCO3)C2)C1. The van der Waals surface area contributed by atoms with Gasteiger partial charge in [0.1, 0.15) is 0 Å². The van der Waals surface area contributed by atoms with Crippen LogP contribution in [0.25, 0.3) is 0 Å². The maximum absolute atomic E-state index is 5.76. The van der Waals surface area contributed by atoms with Gasteiger partial charge in [0, 0.05) is 32.2 Å². The second kappa shape index (κ2) is 6.33. The first-order valence-electron chi connectivity index (χ1n) is 7.70. The van der Waals surface area contributed by atoms with Crippen molar-refractivity contribution in [1.29, 1.82) is 0 Å². The van der Waals surface area contributed by atoms with Gasteiger partial charge in [-0.25, -0.2) is 0 Å². The topological polar surface area (TPSA) is 27.7 Å². The van der Waals surface area contributed by atoms with E-state index in [1.54, 1.807) is 0 Å². The van der Waals surface area contributed by atoms with E-state index < -0.39 is 0 Å². The van der Waals surface area contributed by atoms with Crippen molar-refractivity contribution in [2.24, 2.45) is 0 Å². The Bertz CT molecular complexity index is 249. The van der Waals surface area contributed by atoms with E-state index >= 15 is 0 Å². The molecule has 0 radical (unpaired) electrons. The number of morpholine rings is 1. The van der Waals surface area contributed by atoms with Crippen LogP contribution in [0.15, 0.2) is 0 Å². The van der Waals surface area contributed by atoms with Crippen molar-refractivity contribution in [2.45, 2.75) is 37.8 Å². The lowest BCUT2D eigenvalue weighted by Crippen LogP contribution is -2.41. The van der Waals surface area contributed by atoms with Gasteiger partial charge in [0.05, 0.1) is 12.7 Å². The van der Waals surface area contributed by atoms with Crippen molar-refractivity contribution in [3.8, 4) is 0 Å². The molecule has 3 heterocycles. The minimum absolute atomic E-state index is 0.449. The Labute approximate surface area is 111 Å². The van der Waals surface area contributed by atoms with E-state index in [0.717, 1.165) is 25.7 Å². The van der Waals surface area contributed by atoms with Crippen molar-refractivity contribution in [3.63, 3.8) is 0 Å². The highest BCUT2D eigenvalue weighted by atomic mass is 16.5. The summed E-state index contributed by atoms with van der Waals surface area (Å²) in [4.78, 5) is 5.35. The Balaban J connectivity index is 1.36. The molecular formula is C14H27N3O. The molecule has 4 heteroatoms. The van der Waals surface area contributed by atoms with Gasteiger partial charge in [0.25, 0.3) is 0 Å². The first-order chi connectivity index (χ1) is 8.92. The summed E-state index contributed by atoms with van der Waals surface area (Å²) in [5.41, 5.74) is 0. The number of hydrogen-bond acceptors (Lipinski definition) is 4. The fraction of sp³-hybridized carbons (Fsp3) is 1.00. The van der Waals surface area contributed by atoms with Crippen LogP contribution in [0.1, 0.15) is 25.7 Å². The molecule has 0 aliphatic carbocycles. The molecule has 0 amide bonds. The maximum Gasteiger partial charge on any atom is 0.0712 e. The molecule has 0 aromatic heterocycles. The second-order valence-corrected chi connectivity index (χ2v) is 5.97. The van der Waals surface area contributed by atoms with Crippen LogP contribution >= 0.6 is 0 Å². The summed E-state index contributed by atoms with van der Waals surface area (Å²) in [5.74, 6) is 0. The lowest BCUT2D eigenvalue weighted by atomic mass is 10.2. The highest BCUT2D eigenvalue weighted by molar-refractivity contribution is 4.86. The molecule has 3 rings (SSSR count). The molecule has 0 aromatic carbocycles. The van der Waals surface area contributed by atoms with Gasteiger partial charge in [-0.3, -0.25) is 4.90 Å². The van der Waals surface area contributed by atoms with Gasteiger partial charge < -0.3 is 15.0 Å². The van der Waals surface area contributed by atoms with E-state index in [0.29, 0.717) is 6.10 Å². The number of nitrogens with one attached hydrogen (secondary N) is 1. The van der Waals surface area contributed by atoms with Gasteiger partial charge in [-0.2, -0.15) is 0 Å². The Morgan fingerprint density at radius 2 is 2.06 bits per heavy atom.